The SMILES string of the molecule is Cc1ccc(-c2noc(CN3CCN(Cc4nc(-c5ccc(C)c(F)c5)no4)C(C)C3)n2)cc1F. The van der Waals surface area contributed by atoms with Crippen LogP contribution in [0.25, 0.3) is 22.8 Å². The predicted octanol–water partition coefficient (Wildman–Crippen LogP) is 4.39. The highest BCUT2D eigenvalue weighted by molar-refractivity contribution is 5.55. The molecule has 2 aromatic heterocycles. The summed E-state index contributed by atoms with van der Waals surface area (Å²) in [6, 6.07) is 10.0. The summed E-state index contributed by atoms with van der Waals surface area (Å²) in [5.41, 5.74) is 2.33. The molecule has 1 aliphatic rings. The van der Waals surface area contributed by atoms with Crippen LogP contribution in [0.2, 0.25) is 0 Å². The molecule has 1 aliphatic heterocycles. The van der Waals surface area contributed by atoms with Crippen molar-refractivity contribution in [1.82, 2.24) is 30.1 Å². The van der Waals surface area contributed by atoms with Crippen LogP contribution >= 0.6 is 0 Å². The highest BCUT2D eigenvalue weighted by Gasteiger charge is 2.27. The molecule has 0 bridgehead atoms. The van der Waals surface area contributed by atoms with Crippen molar-refractivity contribution in [1.29, 1.82) is 0 Å². The molecule has 3 heterocycles. The second-order valence-corrected chi connectivity index (χ2v) is 9.01. The van der Waals surface area contributed by atoms with Gasteiger partial charge < -0.3 is 9.05 Å². The van der Waals surface area contributed by atoms with Crippen molar-refractivity contribution in [3.63, 3.8) is 0 Å². The zero-order valence-electron chi connectivity index (χ0n) is 19.8. The molecule has 4 aromatic rings. The molecule has 0 aliphatic carbocycles. The number of nitrogens with zero attached hydrogens (tertiary/aromatic N) is 6. The Morgan fingerprint density at radius 3 is 1.89 bits per heavy atom. The molecular weight excluding hydrogens is 454 g/mol. The summed E-state index contributed by atoms with van der Waals surface area (Å²) in [5.74, 6) is 1.16. The Hall–Kier alpha value is -3.50. The van der Waals surface area contributed by atoms with Gasteiger partial charge in [0.2, 0.25) is 23.4 Å². The first-order valence-corrected chi connectivity index (χ1v) is 11.5. The van der Waals surface area contributed by atoms with Crippen molar-refractivity contribution in [2.45, 2.75) is 39.9 Å². The molecule has 10 heteroatoms. The van der Waals surface area contributed by atoms with Crippen LogP contribution < -0.4 is 0 Å². The molecule has 1 atom stereocenters. The first-order chi connectivity index (χ1) is 16.9. The molecule has 5 rings (SSSR count). The van der Waals surface area contributed by atoms with Crippen LogP contribution in [0.3, 0.4) is 0 Å². The van der Waals surface area contributed by atoms with Gasteiger partial charge in [0.05, 0.1) is 13.1 Å². The normalized spacial score (nSPS) is 17.2. The monoisotopic (exact) mass is 480 g/mol. The first kappa shape index (κ1) is 23.3. The number of hydrogen-bond acceptors (Lipinski definition) is 8. The van der Waals surface area contributed by atoms with Gasteiger partial charge in [-0.05, 0) is 44.0 Å². The van der Waals surface area contributed by atoms with Gasteiger partial charge in [-0.3, -0.25) is 9.80 Å². The van der Waals surface area contributed by atoms with Crippen LogP contribution in [-0.4, -0.2) is 55.8 Å². The van der Waals surface area contributed by atoms with E-state index in [1.165, 1.54) is 12.1 Å². The zero-order valence-corrected chi connectivity index (χ0v) is 19.8. The summed E-state index contributed by atoms with van der Waals surface area (Å²) in [5, 5.41) is 8.02. The van der Waals surface area contributed by atoms with Gasteiger partial charge in [0, 0.05) is 36.8 Å². The van der Waals surface area contributed by atoms with Crippen molar-refractivity contribution in [2.75, 3.05) is 19.6 Å². The fraction of sp³-hybridized carbons (Fsp3) is 0.360. The van der Waals surface area contributed by atoms with Crippen LogP contribution in [0.4, 0.5) is 8.78 Å². The van der Waals surface area contributed by atoms with Crippen LogP contribution in [0.1, 0.15) is 29.8 Å². The van der Waals surface area contributed by atoms with Gasteiger partial charge in [-0.25, -0.2) is 8.78 Å². The Morgan fingerprint density at radius 2 is 1.37 bits per heavy atom. The second kappa shape index (κ2) is 9.63. The fourth-order valence-electron chi connectivity index (χ4n) is 4.15. The zero-order chi connectivity index (χ0) is 24.5. The van der Waals surface area contributed by atoms with E-state index in [0.29, 0.717) is 58.8 Å². The minimum Gasteiger partial charge on any atom is -0.338 e. The quantitative estimate of drug-likeness (QED) is 0.402. The molecule has 1 saturated heterocycles. The summed E-state index contributed by atoms with van der Waals surface area (Å²) in [7, 11) is 0. The molecule has 182 valence electrons. The van der Waals surface area contributed by atoms with E-state index in [0.717, 1.165) is 19.6 Å². The Bertz CT molecular complexity index is 1340. The number of aryl methyl sites for hydroxylation is 2. The molecule has 8 nitrogen and oxygen atoms in total. The largest absolute Gasteiger partial charge is 0.338 e. The van der Waals surface area contributed by atoms with Crippen molar-refractivity contribution >= 4 is 0 Å². The molecule has 35 heavy (non-hydrogen) atoms. The van der Waals surface area contributed by atoms with Crippen molar-refractivity contribution in [3.05, 3.63) is 70.9 Å². The average Bonchev–Trinajstić information content (AvgIpc) is 3.49. The predicted molar refractivity (Wildman–Crippen MR) is 124 cm³/mol. The lowest BCUT2D eigenvalue weighted by Crippen LogP contribution is -2.51. The molecular formula is C25H26F2N6O2. The summed E-state index contributed by atoms with van der Waals surface area (Å²) in [6.45, 7) is 8.97. The number of rotatable bonds is 6. The maximum atomic E-state index is 13.9. The minimum atomic E-state index is -0.294. The Kier molecular flexibility index (Phi) is 6.40. The molecule has 0 N–H and O–H groups in total. The van der Waals surface area contributed by atoms with E-state index in [-0.39, 0.29) is 17.7 Å². The van der Waals surface area contributed by atoms with Gasteiger partial charge in [0.1, 0.15) is 11.6 Å². The summed E-state index contributed by atoms with van der Waals surface area (Å²) in [4.78, 5) is 13.4. The molecule has 0 amide bonds. The summed E-state index contributed by atoms with van der Waals surface area (Å²) in [6.07, 6.45) is 0. The molecule has 2 aromatic carbocycles. The average molecular weight is 481 g/mol. The third-order valence-corrected chi connectivity index (χ3v) is 6.34. The highest BCUT2D eigenvalue weighted by atomic mass is 19.1. The fourth-order valence-corrected chi connectivity index (χ4v) is 4.15. The van der Waals surface area contributed by atoms with Crippen LogP contribution in [0, 0.1) is 25.5 Å². The molecule has 0 radical (unpaired) electrons. The van der Waals surface area contributed by atoms with E-state index in [4.69, 9.17) is 9.05 Å². The van der Waals surface area contributed by atoms with Gasteiger partial charge in [-0.1, -0.05) is 34.6 Å². The van der Waals surface area contributed by atoms with Crippen molar-refractivity contribution < 1.29 is 17.8 Å². The van der Waals surface area contributed by atoms with Gasteiger partial charge in [-0.15, -0.1) is 0 Å². The van der Waals surface area contributed by atoms with Gasteiger partial charge in [0.15, 0.2) is 0 Å². The van der Waals surface area contributed by atoms with E-state index < -0.39 is 0 Å². The lowest BCUT2D eigenvalue weighted by Gasteiger charge is -2.38. The van der Waals surface area contributed by atoms with Crippen LogP contribution in [-0.2, 0) is 13.1 Å². The van der Waals surface area contributed by atoms with E-state index >= 15 is 0 Å². The van der Waals surface area contributed by atoms with Gasteiger partial charge in [-0.2, -0.15) is 9.97 Å². The number of benzene rings is 2. The van der Waals surface area contributed by atoms with Gasteiger partial charge in [0.25, 0.3) is 0 Å². The highest BCUT2D eigenvalue weighted by Crippen LogP contribution is 2.22. The van der Waals surface area contributed by atoms with Crippen molar-refractivity contribution in [2.24, 2.45) is 0 Å². The van der Waals surface area contributed by atoms with E-state index in [9.17, 15) is 8.78 Å². The third-order valence-electron chi connectivity index (χ3n) is 6.34. The maximum Gasteiger partial charge on any atom is 0.241 e. The lowest BCUT2D eigenvalue weighted by molar-refractivity contribution is 0.0594. The molecule has 1 unspecified atom stereocenters. The Morgan fingerprint density at radius 1 is 0.829 bits per heavy atom. The standard InChI is InChI=1S/C25H26F2N6O2/c1-15-4-6-18(10-20(15)26)24-28-22(34-30-24)13-32-8-9-33(17(3)12-32)14-23-29-25(31-35-23)19-7-5-16(2)21(27)11-19/h4-7,10-11,17H,8-9,12-14H2,1-3H3. The van der Waals surface area contributed by atoms with Gasteiger partial charge >= 0.3 is 0 Å². The minimum absolute atomic E-state index is 0.226. The summed E-state index contributed by atoms with van der Waals surface area (Å²) < 4.78 is 38.6. The van der Waals surface area contributed by atoms with E-state index in [1.54, 1.807) is 38.1 Å². The number of aromatic nitrogens is 4. The molecule has 1 fully saturated rings. The topological polar surface area (TPSA) is 84.3 Å². The Labute approximate surface area is 201 Å². The van der Waals surface area contributed by atoms with E-state index in [2.05, 4.69) is 37.0 Å². The third kappa shape index (κ3) is 5.13. The summed E-state index contributed by atoms with van der Waals surface area (Å²) >= 11 is 0. The smallest absolute Gasteiger partial charge is 0.241 e. The number of piperazine rings is 1. The number of halogens is 2. The maximum absolute atomic E-state index is 13.9. The molecule has 0 spiro atoms. The lowest BCUT2D eigenvalue weighted by atomic mass is 10.1. The van der Waals surface area contributed by atoms with Crippen molar-refractivity contribution in [3.8, 4) is 22.8 Å². The first-order valence-electron chi connectivity index (χ1n) is 11.5. The van der Waals surface area contributed by atoms with Crippen LogP contribution in [0.15, 0.2) is 45.4 Å². The van der Waals surface area contributed by atoms with E-state index in [1.807, 2.05) is 0 Å². The van der Waals surface area contributed by atoms with Crippen LogP contribution in [0.5, 0.6) is 0 Å². The molecule has 0 saturated carbocycles. The Balaban J connectivity index is 1.17. The second-order valence-electron chi connectivity index (χ2n) is 9.01. The number of hydrogen-bond donors (Lipinski definition) is 0.